The fourth-order valence-corrected chi connectivity index (χ4v) is 5.52. The van der Waals surface area contributed by atoms with Gasteiger partial charge in [0.25, 0.3) is 0 Å². The van der Waals surface area contributed by atoms with Crippen LogP contribution in [0.2, 0.25) is 0 Å². The van der Waals surface area contributed by atoms with Crippen molar-refractivity contribution in [2.75, 3.05) is 39.8 Å². The number of hydrogen-bond acceptors (Lipinski definition) is 5. The molecule has 0 aromatic carbocycles. The lowest BCUT2D eigenvalue weighted by Gasteiger charge is -2.34. The summed E-state index contributed by atoms with van der Waals surface area (Å²) in [6.45, 7) is 6.04. The number of thiophene rings is 1. The first-order valence-corrected chi connectivity index (χ1v) is 9.61. The van der Waals surface area contributed by atoms with Gasteiger partial charge in [-0.2, -0.15) is 4.31 Å². The second-order valence-corrected chi connectivity index (χ2v) is 8.78. The Morgan fingerprint density at radius 3 is 2.35 bits per heavy atom. The zero-order chi connectivity index (χ0) is 16.3. The van der Waals surface area contributed by atoms with E-state index in [1.807, 2.05) is 20.9 Å². The zero-order valence-corrected chi connectivity index (χ0v) is 16.1. The maximum Gasteiger partial charge on any atom is 0.244 e. The summed E-state index contributed by atoms with van der Waals surface area (Å²) in [5.74, 6) is 0.0777. The molecule has 0 atom stereocenters. The van der Waals surface area contributed by atoms with Crippen molar-refractivity contribution in [1.82, 2.24) is 14.5 Å². The molecule has 1 aromatic rings. The number of piperazine rings is 1. The predicted molar refractivity (Wildman–Crippen MR) is 94.9 cm³/mol. The molecule has 1 fully saturated rings. The Hall–Kier alpha value is -0.670. The normalized spacial score (nSPS) is 16.2. The summed E-state index contributed by atoms with van der Waals surface area (Å²) in [5, 5.41) is 2.95. The SMILES string of the molecule is CNCCC(=O)N1CCN(S(=O)(=O)c2cc(C)sc2C)CC1.Cl. The quantitative estimate of drug-likeness (QED) is 0.832. The molecule has 1 amide bonds. The number of carbonyl (C=O) groups excluding carboxylic acids is 1. The minimum Gasteiger partial charge on any atom is -0.340 e. The van der Waals surface area contributed by atoms with Crippen LogP contribution in [-0.2, 0) is 14.8 Å². The molecule has 0 unspecified atom stereocenters. The highest BCUT2D eigenvalue weighted by molar-refractivity contribution is 7.89. The average Bonchev–Trinajstić information content (AvgIpc) is 2.84. The highest BCUT2D eigenvalue weighted by Gasteiger charge is 2.31. The Kier molecular flexibility index (Phi) is 7.47. The minimum atomic E-state index is -3.44. The van der Waals surface area contributed by atoms with Crippen LogP contribution in [0.4, 0.5) is 0 Å². The van der Waals surface area contributed by atoms with Crippen LogP contribution in [0.5, 0.6) is 0 Å². The van der Waals surface area contributed by atoms with Crippen LogP contribution in [-0.4, -0.2) is 63.3 Å². The van der Waals surface area contributed by atoms with Crippen LogP contribution in [0.3, 0.4) is 0 Å². The third-order valence-electron chi connectivity index (χ3n) is 3.79. The van der Waals surface area contributed by atoms with Gasteiger partial charge in [-0.3, -0.25) is 4.79 Å². The molecule has 0 bridgehead atoms. The van der Waals surface area contributed by atoms with Crippen LogP contribution >= 0.6 is 23.7 Å². The molecule has 1 aliphatic heterocycles. The van der Waals surface area contributed by atoms with E-state index < -0.39 is 10.0 Å². The number of halogens is 1. The maximum absolute atomic E-state index is 12.7. The topological polar surface area (TPSA) is 69.7 Å². The number of sulfonamides is 1. The average molecular weight is 382 g/mol. The molecule has 132 valence electrons. The van der Waals surface area contributed by atoms with Gasteiger partial charge in [0.2, 0.25) is 15.9 Å². The number of nitrogens with one attached hydrogen (secondary N) is 1. The molecule has 1 saturated heterocycles. The first kappa shape index (κ1) is 20.4. The molecule has 23 heavy (non-hydrogen) atoms. The fraction of sp³-hybridized carbons (Fsp3) is 0.643. The molecule has 6 nitrogen and oxygen atoms in total. The van der Waals surface area contributed by atoms with E-state index in [1.165, 1.54) is 15.6 Å². The van der Waals surface area contributed by atoms with Crippen LogP contribution in [0, 0.1) is 13.8 Å². The smallest absolute Gasteiger partial charge is 0.244 e. The monoisotopic (exact) mass is 381 g/mol. The van der Waals surface area contributed by atoms with Crippen LogP contribution in [0.25, 0.3) is 0 Å². The molecular formula is C14H24ClN3O3S2. The number of rotatable bonds is 5. The molecule has 0 radical (unpaired) electrons. The Morgan fingerprint density at radius 1 is 1.26 bits per heavy atom. The van der Waals surface area contributed by atoms with E-state index >= 15 is 0 Å². The van der Waals surface area contributed by atoms with Crippen molar-refractivity contribution in [2.45, 2.75) is 25.2 Å². The number of carbonyl (C=O) groups is 1. The van der Waals surface area contributed by atoms with E-state index in [1.54, 1.807) is 11.0 Å². The lowest BCUT2D eigenvalue weighted by atomic mass is 10.3. The number of nitrogens with zero attached hydrogens (tertiary/aromatic N) is 2. The third kappa shape index (κ3) is 4.67. The van der Waals surface area contributed by atoms with Crippen molar-refractivity contribution in [3.05, 3.63) is 15.8 Å². The highest BCUT2D eigenvalue weighted by atomic mass is 35.5. The molecule has 1 aliphatic rings. The predicted octanol–water partition coefficient (Wildman–Crippen LogP) is 1.23. The zero-order valence-electron chi connectivity index (χ0n) is 13.7. The van der Waals surface area contributed by atoms with Crippen molar-refractivity contribution in [2.24, 2.45) is 0 Å². The van der Waals surface area contributed by atoms with E-state index in [0.717, 1.165) is 9.75 Å². The maximum atomic E-state index is 12.7. The van der Waals surface area contributed by atoms with Crippen molar-refractivity contribution < 1.29 is 13.2 Å². The van der Waals surface area contributed by atoms with E-state index in [-0.39, 0.29) is 18.3 Å². The molecule has 0 saturated carbocycles. The molecule has 9 heteroatoms. The van der Waals surface area contributed by atoms with Crippen molar-refractivity contribution in [3.8, 4) is 0 Å². The highest BCUT2D eigenvalue weighted by Crippen LogP contribution is 2.28. The molecular weight excluding hydrogens is 358 g/mol. The van der Waals surface area contributed by atoms with Gasteiger partial charge in [0.05, 0.1) is 4.90 Å². The van der Waals surface area contributed by atoms with Gasteiger partial charge in [-0.25, -0.2) is 8.42 Å². The lowest BCUT2D eigenvalue weighted by Crippen LogP contribution is -2.50. The molecule has 0 aliphatic carbocycles. The third-order valence-corrected chi connectivity index (χ3v) is 6.91. The standard InChI is InChI=1S/C14H23N3O3S2.ClH/c1-11-10-13(12(2)21-11)22(19,20)17-8-6-16(7-9-17)14(18)4-5-15-3;/h10,15H,4-9H2,1-3H3;1H. The van der Waals surface area contributed by atoms with Gasteiger partial charge in [0.15, 0.2) is 0 Å². The minimum absolute atomic E-state index is 0. The number of hydrogen-bond donors (Lipinski definition) is 1. The largest absolute Gasteiger partial charge is 0.340 e. The van der Waals surface area contributed by atoms with Gasteiger partial charge in [-0.1, -0.05) is 0 Å². The number of amides is 1. The van der Waals surface area contributed by atoms with E-state index in [0.29, 0.717) is 44.0 Å². The lowest BCUT2D eigenvalue weighted by molar-refractivity contribution is -0.132. The molecule has 0 spiro atoms. The van der Waals surface area contributed by atoms with Gasteiger partial charge in [-0.15, -0.1) is 23.7 Å². The van der Waals surface area contributed by atoms with E-state index in [2.05, 4.69) is 5.32 Å². The van der Waals surface area contributed by atoms with Gasteiger partial charge >= 0.3 is 0 Å². The Morgan fingerprint density at radius 2 is 1.87 bits per heavy atom. The summed E-state index contributed by atoms with van der Waals surface area (Å²) >= 11 is 1.50. The Bertz CT molecular complexity index is 638. The van der Waals surface area contributed by atoms with Crippen LogP contribution < -0.4 is 5.32 Å². The summed E-state index contributed by atoms with van der Waals surface area (Å²) < 4.78 is 26.9. The molecule has 2 rings (SSSR count). The summed E-state index contributed by atoms with van der Waals surface area (Å²) in [6, 6.07) is 1.74. The van der Waals surface area contributed by atoms with Gasteiger partial charge < -0.3 is 10.2 Å². The van der Waals surface area contributed by atoms with Gasteiger partial charge in [0, 0.05) is 48.9 Å². The second kappa shape index (κ2) is 8.43. The van der Waals surface area contributed by atoms with Gasteiger partial charge in [0.1, 0.15) is 0 Å². The van der Waals surface area contributed by atoms with Crippen molar-refractivity contribution >= 4 is 39.7 Å². The summed E-state index contributed by atoms with van der Waals surface area (Å²) in [6.07, 6.45) is 0.450. The van der Waals surface area contributed by atoms with E-state index in [9.17, 15) is 13.2 Å². The fourth-order valence-electron chi connectivity index (χ4n) is 2.57. The van der Waals surface area contributed by atoms with Crippen molar-refractivity contribution in [3.63, 3.8) is 0 Å². The Balaban J connectivity index is 0.00000264. The summed E-state index contributed by atoms with van der Waals surface area (Å²) in [5.41, 5.74) is 0. The molecule has 2 heterocycles. The van der Waals surface area contributed by atoms with Crippen molar-refractivity contribution in [1.29, 1.82) is 0 Å². The van der Waals surface area contributed by atoms with E-state index in [4.69, 9.17) is 0 Å². The molecule has 1 aromatic heterocycles. The summed E-state index contributed by atoms with van der Waals surface area (Å²) in [7, 11) is -1.64. The Labute approximate surface area is 148 Å². The van der Waals surface area contributed by atoms with Crippen LogP contribution in [0.1, 0.15) is 16.2 Å². The molecule has 1 N–H and O–H groups in total. The first-order valence-electron chi connectivity index (χ1n) is 7.36. The second-order valence-electron chi connectivity index (χ2n) is 5.42. The summed E-state index contributed by atoms with van der Waals surface area (Å²) in [4.78, 5) is 15.9. The van der Waals surface area contributed by atoms with Gasteiger partial charge in [-0.05, 0) is 27.0 Å². The first-order chi connectivity index (χ1) is 10.4. The number of aryl methyl sites for hydroxylation is 2. The van der Waals surface area contributed by atoms with Crippen LogP contribution in [0.15, 0.2) is 11.0 Å².